The summed E-state index contributed by atoms with van der Waals surface area (Å²) >= 11 is 0. The molecule has 0 atom stereocenters. The van der Waals surface area contributed by atoms with E-state index in [4.69, 9.17) is 0 Å². The maximum atomic E-state index is 12.9. The molecule has 4 rings (SSSR count). The van der Waals surface area contributed by atoms with Crippen LogP contribution in [0.4, 0.5) is 13.2 Å². The van der Waals surface area contributed by atoms with Gasteiger partial charge in [-0.1, -0.05) is 36.4 Å². The van der Waals surface area contributed by atoms with E-state index in [0.29, 0.717) is 11.6 Å². The number of halogens is 3. The van der Waals surface area contributed by atoms with E-state index in [2.05, 4.69) is 9.71 Å². The first-order valence-electron chi connectivity index (χ1n) is 9.24. The lowest BCUT2D eigenvalue weighted by Gasteiger charge is -2.11. The molecule has 1 heterocycles. The molecule has 0 amide bonds. The Morgan fingerprint density at radius 2 is 1.63 bits per heavy atom. The molecule has 0 saturated carbocycles. The summed E-state index contributed by atoms with van der Waals surface area (Å²) < 4.78 is 66.4. The standard InChI is InChI=1S/C22H19F3N2O2S/c1-13-9-10-14(2)20-19(13)18-8-3-5-15(21(18)27-20)12-26-30(28,29)17-7-4-6-16(11-17)22(23,24)25/h3-11,26-27H,12H2,1-2H3. The van der Waals surface area contributed by atoms with Crippen molar-refractivity contribution in [1.29, 1.82) is 0 Å². The van der Waals surface area contributed by atoms with Gasteiger partial charge in [-0.05, 0) is 48.7 Å². The summed E-state index contributed by atoms with van der Waals surface area (Å²) in [6.07, 6.45) is -4.61. The first-order chi connectivity index (χ1) is 14.1. The Morgan fingerprint density at radius 3 is 2.37 bits per heavy atom. The van der Waals surface area contributed by atoms with E-state index in [1.54, 1.807) is 6.07 Å². The third kappa shape index (κ3) is 3.57. The lowest BCUT2D eigenvalue weighted by atomic mass is 10.0. The zero-order chi connectivity index (χ0) is 21.7. The summed E-state index contributed by atoms with van der Waals surface area (Å²) in [5, 5.41) is 2.05. The number of alkyl halides is 3. The maximum absolute atomic E-state index is 12.9. The molecule has 3 aromatic carbocycles. The fourth-order valence-electron chi connectivity index (χ4n) is 3.64. The van der Waals surface area contributed by atoms with Crippen LogP contribution in [0.1, 0.15) is 22.3 Å². The Kier molecular flexibility index (Phi) is 4.86. The van der Waals surface area contributed by atoms with Crippen molar-refractivity contribution in [3.8, 4) is 0 Å². The van der Waals surface area contributed by atoms with Crippen molar-refractivity contribution < 1.29 is 21.6 Å². The van der Waals surface area contributed by atoms with Crippen molar-refractivity contribution in [2.75, 3.05) is 0 Å². The van der Waals surface area contributed by atoms with E-state index in [-0.39, 0.29) is 6.54 Å². The van der Waals surface area contributed by atoms with Crippen molar-refractivity contribution >= 4 is 31.8 Å². The molecule has 30 heavy (non-hydrogen) atoms. The first-order valence-corrected chi connectivity index (χ1v) is 10.7. The predicted octanol–water partition coefficient (Wildman–Crippen LogP) is 5.44. The number of hydrogen-bond acceptors (Lipinski definition) is 2. The largest absolute Gasteiger partial charge is 0.416 e. The van der Waals surface area contributed by atoms with Gasteiger partial charge in [0.2, 0.25) is 10.0 Å². The molecule has 2 N–H and O–H groups in total. The number of aromatic nitrogens is 1. The van der Waals surface area contributed by atoms with Crippen LogP contribution in [-0.4, -0.2) is 13.4 Å². The highest BCUT2D eigenvalue weighted by atomic mass is 32.2. The number of benzene rings is 3. The molecule has 0 saturated heterocycles. The lowest BCUT2D eigenvalue weighted by molar-refractivity contribution is -0.137. The van der Waals surface area contributed by atoms with Gasteiger partial charge in [0, 0.05) is 22.8 Å². The second-order valence-corrected chi connectivity index (χ2v) is 9.03. The number of fused-ring (bicyclic) bond motifs is 3. The molecule has 4 aromatic rings. The molecule has 0 radical (unpaired) electrons. The molecule has 0 unspecified atom stereocenters. The van der Waals surface area contributed by atoms with E-state index in [1.807, 2.05) is 38.1 Å². The first kappa shape index (κ1) is 20.4. The molecule has 0 fully saturated rings. The van der Waals surface area contributed by atoms with Gasteiger partial charge in [0.05, 0.1) is 16.0 Å². The summed E-state index contributed by atoms with van der Waals surface area (Å²) in [5.74, 6) is 0. The Balaban J connectivity index is 1.70. The highest BCUT2D eigenvalue weighted by Crippen LogP contribution is 2.33. The summed E-state index contributed by atoms with van der Waals surface area (Å²) in [6, 6.07) is 13.4. The smallest absolute Gasteiger partial charge is 0.354 e. The van der Waals surface area contributed by atoms with Crippen LogP contribution in [-0.2, 0) is 22.7 Å². The third-order valence-corrected chi connectivity index (χ3v) is 6.62. The summed E-state index contributed by atoms with van der Waals surface area (Å²) in [7, 11) is -4.12. The Bertz CT molecular complexity index is 1370. The SMILES string of the molecule is Cc1ccc(C)c2c1[nH]c1c(CNS(=O)(=O)c3cccc(C(F)(F)F)c3)cccc12. The van der Waals surface area contributed by atoms with E-state index in [9.17, 15) is 21.6 Å². The normalized spacial score (nSPS) is 12.7. The molecule has 0 aliphatic carbocycles. The Morgan fingerprint density at radius 1 is 0.933 bits per heavy atom. The van der Waals surface area contributed by atoms with Crippen LogP contribution in [0.5, 0.6) is 0 Å². The summed E-state index contributed by atoms with van der Waals surface area (Å²) in [5.41, 5.74) is 3.66. The number of hydrogen-bond donors (Lipinski definition) is 2. The highest BCUT2D eigenvalue weighted by molar-refractivity contribution is 7.89. The number of H-pyrrole nitrogens is 1. The lowest BCUT2D eigenvalue weighted by Crippen LogP contribution is -2.23. The second kappa shape index (κ2) is 7.14. The number of aryl methyl sites for hydroxylation is 2. The summed E-state index contributed by atoms with van der Waals surface area (Å²) in [6.45, 7) is 3.95. The van der Waals surface area contributed by atoms with Crippen LogP contribution in [0.15, 0.2) is 59.5 Å². The van der Waals surface area contributed by atoms with Gasteiger partial charge in [0.25, 0.3) is 0 Å². The van der Waals surface area contributed by atoms with Gasteiger partial charge in [0.1, 0.15) is 0 Å². The van der Waals surface area contributed by atoms with Gasteiger partial charge < -0.3 is 4.98 Å². The minimum Gasteiger partial charge on any atom is -0.354 e. The van der Waals surface area contributed by atoms with E-state index < -0.39 is 26.7 Å². The van der Waals surface area contributed by atoms with Crippen LogP contribution < -0.4 is 4.72 Å². The molecule has 4 nitrogen and oxygen atoms in total. The van der Waals surface area contributed by atoms with E-state index in [0.717, 1.165) is 51.1 Å². The zero-order valence-corrected chi connectivity index (χ0v) is 17.1. The molecular formula is C22H19F3N2O2S. The van der Waals surface area contributed by atoms with Crippen LogP contribution >= 0.6 is 0 Å². The second-order valence-electron chi connectivity index (χ2n) is 7.26. The quantitative estimate of drug-likeness (QED) is 0.451. The molecule has 1 aromatic heterocycles. The summed E-state index contributed by atoms with van der Waals surface area (Å²) in [4.78, 5) is 2.95. The fourth-order valence-corrected chi connectivity index (χ4v) is 4.70. The average molecular weight is 432 g/mol. The number of para-hydroxylation sites is 1. The number of aromatic amines is 1. The fraction of sp³-hybridized carbons (Fsp3) is 0.182. The molecular weight excluding hydrogens is 413 g/mol. The van der Waals surface area contributed by atoms with Crippen molar-refractivity contribution in [2.24, 2.45) is 0 Å². The molecule has 0 aliphatic heterocycles. The van der Waals surface area contributed by atoms with Gasteiger partial charge >= 0.3 is 6.18 Å². The van der Waals surface area contributed by atoms with Crippen molar-refractivity contribution in [3.63, 3.8) is 0 Å². The maximum Gasteiger partial charge on any atom is 0.416 e. The van der Waals surface area contributed by atoms with Gasteiger partial charge in [-0.3, -0.25) is 0 Å². The topological polar surface area (TPSA) is 62.0 Å². The number of nitrogens with one attached hydrogen (secondary N) is 2. The molecule has 8 heteroatoms. The number of sulfonamides is 1. The minimum atomic E-state index is -4.61. The van der Waals surface area contributed by atoms with Crippen molar-refractivity contribution in [2.45, 2.75) is 31.5 Å². The van der Waals surface area contributed by atoms with Crippen molar-refractivity contribution in [3.05, 3.63) is 76.9 Å². The van der Waals surface area contributed by atoms with E-state index in [1.165, 1.54) is 0 Å². The highest BCUT2D eigenvalue weighted by Gasteiger charge is 2.31. The Labute approximate surface area is 171 Å². The predicted molar refractivity (Wildman–Crippen MR) is 111 cm³/mol. The van der Waals surface area contributed by atoms with Crippen LogP contribution in [0.25, 0.3) is 21.8 Å². The Hall–Kier alpha value is -2.84. The van der Waals surface area contributed by atoms with Gasteiger partial charge in [-0.2, -0.15) is 13.2 Å². The minimum absolute atomic E-state index is 0.0547. The molecule has 0 bridgehead atoms. The molecule has 0 spiro atoms. The molecule has 0 aliphatic rings. The molecule has 156 valence electrons. The third-order valence-electron chi connectivity index (χ3n) is 5.22. The van der Waals surface area contributed by atoms with E-state index >= 15 is 0 Å². The van der Waals surface area contributed by atoms with Gasteiger partial charge in [0.15, 0.2) is 0 Å². The van der Waals surface area contributed by atoms with Crippen LogP contribution in [0, 0.1) is 13.8 Å². The van der Waals surface area contributed by atoms with Crippen LogP contribution in [0.3, 0.4) is 0 Å². The van der Waals surface area contributed by atoms with Gasteiger partial charge in [-0.15, -0.1) is 0 Å². The van der Waals surface area contributed by atoms with Gasteiger partial charge in [-0.25, -0.2) is 13.1 Å². The zero-order valence-electron chi connectivity index (χ0n) is 16.3. The monoisotopic (exact) mass is 432 g/mol. The van der Waals surface area contributed by atoms with Crippen LogP contribution in [0.2, 0.25) is 0 Å². The average Bonchev–Trinajstić information content (AvgIpc) is 3.10. The van der Waals surface area contributed by atoms with Crippen molar-refractivity contribution in [1.82, 2.24) is 9.71 Å². The number of rotatable bonds is 4.